The van der Waals surface area contributed by atoms with Gasteiger partial charge in [-0.2, -0.15) is 0 Å². The number of anilines is 2. The number of imidazole rings is 1. The van der Waals surface area contributed by atoms with Crippen LogP contribution < -0.4 is 15.8 Å². The number of ether oxygens (including phenoxy) is 1. The molecule has 0 saturated carbocycles. The van der Waals surface area contributed by atoms with Gasteiger partial charge < -0.3 is 20.8 Å². The Labute approximate surface area is 150 Å². The lowest BCUT2D eigenvalue weighted by Gasteiger charge is -2.10. The average Bonchev–Trinajstić information content (AvgIpc) is 3.15. The molecule has 0 spiro atoms. The summed E-state index contributed by atoms with van der Waals surface area (Å²) in [6, 6.07) is 17.2. The van der Waals surface area contributed by atoms with Crippen LogP contribution in [0.2, 0.25) is 0 Å². The van der Waals surface area contributed by atoms with Crippen LogP contribution in [0.25, 0.3) is 22.6 Å². The lowest BCUT2D eigenvalue weighted by Crippen LogP contribution is -2.13. The molecule has 7 nitrogen and oxygen atoms in total. The first-order chi connectivity index (χ1) is 12.8. The van der Waals surface area contributed by atoms with Crippen molar-refractivity contribution in [1.82, 2.24) is 19.9 Å². The van der Waals surface area contributed by atoms with E-state index in [-0.39, 0.29) is 0 Å². The standard InChI is InChI=1S/C19H18N6O/c20-14-6-4-5-13(11-14)17-24-18(16-19(25-17)23-12-22-16)21-9-10-26-15-7-2-1-3-8-15/h1-8,11-12H,9-10,20H2,(H2,21,22,23,24,25). The third-order valence-corrected chi connectivity index (χ3v) is 3.84. The van der Waals surface area contributed by atoms with E-state index in [9.17, 15) is 0 Å². The molecule has 0 radical (unpaired) electrons. The molecular formula is C19H18N6O. The van der Waals surface area contributed by atoms with Gasteiger partial charge in [0.05, 0.1) is 12.9 Å². The van der Waals surface area contributed by atoms with Crippen molar-refractivity contribution in [2.75, 3.05) is 24.2 Å². The molecule has 4 N–H and O–H groups in total. The summed E-state index contributed by atoms with van der Waals surface area (Å²) in [6.45, 7) is 1.10. The fraction of sp³-hybridized carbons (Fsp3) is 0.105. The van der Waals surface area contributed by atoms with Crippen LogP contribution in [0, 0.1) is 0 Å². The first-order valence-corrected chi connectivity index (χ1v) is 8.28. The maximum atomic E-state index is 5.87. The molecule has 0 bridgehead atoms. The number of para-hydroxylation sites is 1. The fourth-order valence-corrected chi connectivity index (χ4v) is 2.62. The number of nitrogens with two attached hydrogens (primary N) is 1. The van der Waals surface area contributed by atoms with Crippen LogP contribution >= 0.6 is 0 Å². The fourth-order valence-electron chi connectivity index (χ4n) is 2.62. The second-order valence-electron chi connectivity index (χ2n) is 5.71. The van der Waals surface area contributed by atoms with E-state index in [1.54, 1.807) is 6.33 Å². The quantitative estimate of drug-likeness (QED) is 0.366. The van der Waals surface area contributed by atoms with Crippen LogP contribution in [-0.4, -0.2) is 33.1 Å². The number of aromatic amines is 1. The van der Waals surface area contributed by atoms with Crippen molar-refractivity contribution in [3.05, 3.63) is 60.9 Å². The summed E-state index contributed by atoms with van der Waals surface area (Å²) in [5.41, 5.74) is 8.74. The molecule has 2 aromatic carbocycles. The molecule has 7 heteroatoms. The van der Waals surface area contributed by atoms with Crippen molar-refractivity contribution < 1.29 is 4.74 Å². The largest absolute Gasteiger partial charge is 0.492 e. The minimum atomic E-state index is 0.511. The first-order valence-electron chi connectivity index (χ1n) is 8.28. The van der Waals surface area contributed by atoms with E-state index in [1.807, 2.05) is 54.6 Å². The smallest absolute Gasteiger partial charge is 0.183 e. The van der Waals surface area contributed by atoms with Gasteiger partial charge in [-0.05, 0) is 24.3 Å². The highest BCUT2D eigenvalue weighted by molar-refractivity contribution is 5.84. The van der Waals surface area contributed by atoms with Gasteiger partial charge in [-0.25, -0.2) is 15.0 Å². The number of aromatic nitrogens is 4. The number of nitrogens with zero attached hydrogens (tertiary/aromatic N) is 3. The molecule has 0 atom stereocenters. The van der Waals surface area contributed by atoms with E-state index in [0.29, 0.717) is 36.1 Å². The van der Waals surface area contributed by atoms with Gasteiger partial charge in [0, 0.05) is 11.3 Å². The molecular weight excluding hydrogens is 328 g/mol. The van der Waals surface area contributed by atoms with E-state index in [4.69, 9.17) is 10.5 Å². The van der Waals surface area contributed by atoms with Crippen LogP contribution in [0.5, 0.6) is 5.75 Å². The zero-order valence-electron chi connectivity index (χ0n) is 14.0. The number of hydrogen-bond acceptors (Lipinski definition) is 6. The van der Waals surface area contributed by atoms with Crippen LogP contribution in [-0.2, 0) is 0 Å². The number of rotatable bonds is 6. The van der Waals surface area contributed by atoms with Crippen LogP contribution in [0.15, 0.2) is 60.9 Å². The second kappa shape index (κ2) is 7.10. The van der Waals surface area contributed by atoms with E-state index >= 15 is 0 Å². The third kappa shape index (κ3) is 3.41. The predicted molar refractivity (Wildman–Crippen MR) is 102 cm³/mol. The zero-order chi connectivity index (χ0) is 17.8. The van der Waals surface area contributed by atoms with E-state index in [2.05, 4.69) is 25.3 Å². The van der Waals surface area contributed by atoms with Crippen molar-refractivity contribution in [1.29, 1.82) is 0 Å². The zero-order valence-corrected chi connectivity index (χ0v) is 14.0. The Kier molecular flexibility index (Phi) is 4.34. The van der Waals surface area contributed by atoms with Gasteiger partial charge >= 0.3 is 0 Å². The lowest BCUT2D eigenvalue weighted by atomic mass is 10.2. The van der Waals surface area contributed by atoms with Gasteiger partial charge in [-0.1, -0.05) is 30.3 Å². The van der Waals surface area contributed by atoms with Crippen molar-refractivity contribution in [2.24, 2.45) is 0 Å². The Bertz CT molecular complexity index is 1010. The topological polar surface area (TPSA) is 102 Å². The van der Waals surface area contributed by atoms with Crippen molar-refractivity contribution in [2.45, 2.75) is 0 Å². The molecule has 0 amide bonds. The van der Waals surface area contributed by atoms with E-state index in [0.717, 1.165) is 16.8 Å². The van der Waals surface area contributed by atoms with Gasteiger partial charge in [-0.3, -0.25) is 0 Å². The Hall–Kier alpha value is -3.61. The summed E-state index contributed by atoms with van der Waals surface area (Å²) >= 11 is 0. The molecule has 130 valence electrons. The molecule has 0 aliphatic rings. The average molecular weight is 346 g/mol. The molecule has 4 aromatic rings. The van der Waals surface area contributed by atoms with Crippen molar-refractivity contribution in [3.63, 3.8) is 0 Å². The summed E-state index contributed by atoms with van der Waals surface area (Å²) in [4.78, 5) is 16.5. The Morgan fingerprint density at radius 3 is 2.77 bits per heavy atom. The number of nitrogens with one attached hydrogen (secondary N) is 2. The molecule has 0 unspecified atom stereocenters. The van der Waals surface area contributed by atoms with Gasteiger partial charge in [0.15, 0.2) is 17.3 Å². The van der Waals surface area contributed by atoms with E-state index < -0.39 is 0 Å². The molecule has 0 aliphatic carbocycles. The Balaban J connectivity index is 1.53. The monoisotopic (exact) mass is 346 g/mol. The van der Waals surface area contributed by atoms with Crippen molar-refractivity contribution >= 4 is 22.7 Å². The Morgan fingerprint density at radius 2 is 1.92 bits per heavy atom. The number of fused-ring (bicyclic) bond motifs is 1. The van der Waals surface area contributed by atoms with Crippen molar-refractivity contribution in [3.8, 4) is 17.1 Å². The predicted octanol–water partition coefficient (Wildman–Crippen LogP) is 3.09. The number of H-pyrrole nitrogens is 1. The SMILES string of the molecule is Nc1cccc(-c2nc(NCCOc3ccccc3)c3[nH]cnc3n2)c1. The maximum absolute atomic E-state index is 5.87. The molecule has 0 fully saturated rings. The molecule has 2 heterocycles. The van der Waals surface area contributed by atoms with Crippen LogP contribution in [0.3, 0.4) is 0 Å². The van der Waals surface area contributed by atoms with Gasteiger partial charge in [0.25, 0.3) is 0 Å². The van der Waals surface area contributed by atoms with Gasteiger partial charge in [0.2, 0.25) is 0 Å². The summed E-state index contributed by atoms with van der Waals surface area (Å²) in [7, 11) is 0. The normalized spacial score (nSPS) is 10.8. The minimum absolute atomic E-state index is 0.511. The Morgan fingerprint density at radius 1 is 1.04 bits per heavy atom. The highest BCUT2D eigenvalue weighted by Gasteiger charge is 2.11. The summed E-state index contributed by atoms with van der Waals surface area (Å²) < 4.78 is 5.70. The maximum Gasteiger partial charge on any atom is 0.183 e. The second-order valence-corrected chi connectivity index (χ2v) is 5.71. The minimum Gasteiger partial charge on any atom is -0.492 e. The van der Waals surface area contributed by atoms with Gasteiger partial charge in [0.1, 0.15) is 17.9 Å². The molecule has 26 heavy (non-hydrogen) atoms. The van der Waals surface area contributed by atoms with E-state index in [1.165, 1.54) is 0 Å². The van der Waals surface area contributed by atoms with Crippen LogP contribution in [0.4, 0.5) is 11.5 Å². The highest BCUT2D eigenvalue weighted by atomic mass is 16.5. The summed E-state index contributed by atoms with van der Waals surface area (Å²) in [5, 5.41) is 3.29. The lowest BCUT2D eigenvalue weighted by molar-refractivity contribution is 0.333. The first kappa shape index (κ1) is 15.9. The third-order valence-electron chi connectivity index (χ3n) is 3.84. The van der Waals surface area contributed by atoms with Crippen LogP contribution in [0.1, 0.15) is 0 Å². The number of benzene rings is 2. The summed E-state index contributed by atoms with van der Waals surface area (Å²) in [6.07, 6.45) is 1.61. The number of hydrogen-bond donors (Lipinski definition) is 3. The number of nitrogen functional groups attached to an aromatic ring is 1. The summed E-state index contributed by atoms with van der Waals surface area (Å²) in [5.74, 6) is 2.09. The molecule has 2 aromatic heterocycles. The molecule has 0 aliphatic heterocycles. The molecule has 4 rings (SSSR count). The highest BCUT2D eigenvalue weighted by Crippen LogP contribution is 2.23. The van der Waals surface area contributed by atoms with Gasteiger partial charge in [-0.15, -0.1) is 0 Å². The molecule has 0 saturated heterocycles.